The van der Waals surface area contributed by atoms with Crippen molar-refractivity contribution >= 4 is 0 Å². The minimum atomic E-state index is -0.856. The maximum atomic E-state index is 9.51. The number of aliphatic hydroxyl groups is 1. The van der Waals surface area contributed by atoms with Gasteiger partial charge in [0.25, 0.3) is 0 Å². The summed E-state index contributed by atoms with van der Waals surface area (Å²) in [5.41, 5.74) is -0.856. The molecular formula is C15H28O. The SMILES string of the molecule is CC(C)C(C(C)C)C(C)CC#CC(C)(C)O. The van der Waals surface area contributed by atoms with Crippen LogP contribution in [0.2, 0.25) is 0 Å². The van der Waals surface area contributed by atoms with Crippen LogP contribution in [0.5, 0.6) is 0 Å². The van der Waals surface area contributed by atoms with E-state index in [-0.39, 0.29) is 0 Å². The first-order valence-electron chi connectivity index (χ1n) is 6.37. The third-order valence-corrected chi connectivity index (χ3v) is 3.01. The molecule has 1 nitrogen and oxygen atoms in total. The van der Waals surface area contributed by atoms with E-state index in [1.54, 1.807) is 13.8 Å². The predicted molar refractivity (Wildman–Crippen MR) is 71.0 cm³/mol. The molecule has 0 aromatic carbocycles. The van der Waals surface area contributed by atoms with Crippen molar-refractivity contribution < 1.29 is 5.11 Å². The highest BCUT2D eigenvalue weighted by Gasteiger charge is 2.23. The summed E-state index contributed by atoms with van der Waals surface area (Å²) in [6, 6.07) is 0. The third kappa shape index (κ3) is 6.18. The lowest BCUT2D eigenvalue weighted by Gasteiger charge is -2.30. The smallest absolute Gasteiger partial charge is 0.119 e. The first kappa shape index (κ1) is 15.5. The van der Waals surface area contributed by atoms with Gasteiger partial charge in [0.2, 0.25) is 0 Å². The van der Waals surface area contributed by atoms with E-state index in [0.717, 1.165) is 6.42 Å². The van der Waals surface area contributed by atoms with Gasteiger partial charge in [0.15, 0.2) is 0 Å². The average molecular weight is 224 g/mol. The number of hydrogen-bond donors (Lipinski definition) is 1. The van der Waals surface area contributed by atoms with Crippen molar-refractivity contribution in [1.82, 2.24) is 0 Å². The van der Waals surface area contributed by atoms with Crippen molar-refractivity contribution in [3.63, 3.8) is 0 Å². The van der Waals surface area contributed by atoms with Gasteiger partial charge in [-0.2, -0.15) is 0 Å². The van der Waals surface area contributed by atoms with E-state index in [9.17, 15) is 5.11 Å². The minimum absolute atomic E-state index is 0.592. The first-order chi connectivity index (χ1) is 7.15. The van der Waals surface area contributed by atoms with Gasteiger partial charge in [-0.05, 0) is 37.5 Å². The summed E-state index contributed by atoms with van der Waals surface area (Å²) in [6.45, 7) is 14.9. The molecule has 0 spiro atoms. The Hall–Kier alpha value is -0.480. The maximum Gasteiger partial charge on any atom is 0.119 e. The summed E-state index contributed by atoms with van der Waals surface area (Å²) in [5.74, 6) is 8.69. The molecule has 0 radical (unpaired) electrons. The summed E-state index contributed by atoms with van der Waals surface area (Å²) < 4.78 is 0. The second kappa shape index (κ2) is 6.30. The second-order valence-corrected chi connectivity index (χ2v) is 6.11. The van der Waals surface area contributed by atoms with E-state index in [0.29, 0.717) is 23.7 Å². The molecule has 0 saturated heterocycles. The van der Waals surface area contributed by atoms with Crippen LogP contribution in [0.15, 0.2) is 0 Å². The van der Waals surface area contributed by atoms with E-state index in [1.165, 1.54) is 0 Å². The van der Waals surface area contributed by atoms with Crippen LogP contribution in [-0.4, -0.2) is 10.7 Å². The normalized spacial score (nSPS) is 14.2. The summed E-state index contributed by atoms with van der Waals surface area (Å²) in [5, 5.41) is 9.51. The Balaban J connectivity index is 4.42. The van der Waals surface area contributed by atoms with E-state index in [4.69, 9.17) is 0 Å². The van der Waals surface area contributed by atoms with Crippen molar-refractivity contribution in [2.45, 2.75) is 60.5 Å². The van der Waals surface area contributed by atoms with Crippen LogP contribution in [0.3, 0.4) is 0 Å². The van der Waals surface area contributed by atoms with E-state index >= 15 is 0 Å². The first-order valence-corrected chi connectivity index (χ1v) is 6.37. The van der Waals surface area contributed by atoms with Gasteiger partial charge in [0.05, 0.1) is 0 Å². The predicted octanol–water partition coefficient (Wildman–Crippen LogP) is 3.72. The molecule has 0 rings (SSSR count). The molecule has 1 atom stereocenters. The largest absolute Gasteiger partial charge is 0.378 e. The Bertz CT molecular complexity index is 239. The molecule has 0 aliphatic heterocycles. The van der Waals surface area contributed by atoms with Crippen LogP contribution in [0.1, 0.15) is 54.9 Å². The molecule has 0 heterocycles. The fourth-order valence-electron chi connectivity index (χ4n) is 2.65. The molecule has 0 aliphatic carbocycles. The van der Waals surface area contributed by atoms with Gasteiger partial charge in [-0.15, -0.1) is 5.92 Å². The van der Waals surface area contributed by atoms with E-state index in [2.05, 4.69) is 46.5 Å². The van der Waals surface area contributed by atoms with Gasteiger partial charge in [-0.25, -0.2) is 0 Å². The summed E-state index contributed by atoms with van der Waals surface area (Å²) >= 11 is 0. The van der Waals surface area contributed by atoms with Crippen molar-refractivity contribution in [3.05, 3.63) is 0 Å². The lowest BCUT2D eigenvalue weighted by atomic mass is 9.75. The van der Waals surface area contributed by atoms with Crippen molar-refractivity contribution in [3.8, 4) is 11.8 Å². The Morgan fingerprint density at radius 1 is 1.00 bits per heavy atom. The van der Waals surface area contributed by atoms with Gasteiger partial charge in [0.1, 0.15) is 5.60 Å². The molecule has 0 fully saturated rings. The maximum absolute atomic E-state index is 9.51. The quantitative estimate of drug-likeness (QED) is 0.722. The second-order valence-electron chi connectivity index (χ2n) is 6.11. The van der Waals surface area contributed by atoms with Gasteiger partial charge < -0.3 is 5.11 Å². The van der Waals surface area contributed by atoms with E-state index < -0.39 is 5.60 Å². The van der Waals surface area contributed by atoms with Crippen LogP contribution in [0.25, 0.3) is 0 Å². The van der Waals surface area contributed by atoms with Crippen LogP contribution in [0.4, 0.5) is 0 Å². The van der Waals surface area contributed by atoms with Gasteiger partial charge in [-0.1, -0.05) is 40.5 Å². The van der Waals surface area contributed by atoms with Crippen LogP contribution in [-0.2, 0) is 0 Å². The molecule has 0 saturated carbocycles. The lowest BCUT2D eigenvalue weighted by Crippen LogP contribution is -2.23. The summed E-state index contributed by atoms with van der Waals surface area (Å²) in [6.07, 6.45) is 0.880. The standard InChI is InChI=1S/C15H28O/c1-11(2)14(12(3)4)13(5)9-8-10-15(6,7)16/h11-14,16H,9H2,1-7H3. The molecular weight excluding hydrogens is 196 g/mol. The highest BCUT2D eigenvalue weighted by atomic mass is 16.3. The zero-order valence-electron chi connectivity index (χ0n) is 12.0. The molecule has 0 aromatic heterocycles. The Morgan fingerprint density at radius 3 is 1.75 bits per heavy atom. The monoisotopic (exact) mass is 224 g/mol. The zero-order chi connectivity index (χ0) is 12.9. The lowest BCUT2D eigenvalue weighted by molar-refractivity contribution is 0.143. The fourth-order valence-corrected chi connectivity index (χ4v) is 2.65. The van der Waals surface area contributed by atoms with Crippen molar-refractivity contribution in [1.29, 1.82) is 0 Å². The molecule has 1 N–H and O–H groups in total. The number of rotatable bonds is 4. The zero-order valence-corrected chi connectivity index (χ0v) is 12.0. The Labute approximate surface area is 102 Å². The third-order valence-electron chi connectivity index (χ3n) is 3.01. The highest BCUT2D eigenvalue weighted by Crippen LogP contribution is 2.30. The fraction of sp³-hybridized carbons (Fsp3) is 0.867. The van der Waals surface area contributed by atoms with E-state index in [1.807, 2.05) is 0 Å². The molecule has 0 amide bonds. The van der Waals surface area contributed by atoms with Crippen molar-refractivity contribution in [2.24, 2.45) is 23.7 Å². The molecule has 1 unspecified atom stereocenters. The molecule has 0 bridgehead atoms. The summed E-state index contributed by atoms with van der Waals surface area (Å²) in [7, 11) is 0. The van der Waals surface area contributed by atoms with Crippen LogP contribution in [0, 0.1) is 35.5 Å². The minimum Gasteiger partial charge on any atom is -0.378 e. The summed E-state index contributed by atoms with van der Waals surface area (Å²) in [4.78, 5) is 0. The van der Waals surface area contributed by atoms with Gasteiger partial charge in [-0.3, -0.25) is 0 Å². The van der Waals surface area contributed by atoms with Crippen LogP contribution < -0.4 is 0 Å². The van der Waals surface area contributed by atoms with Gasteiger partial charge >= 0.3 is 0 Å². The molecule has 0 aromatic rings. The van der Waals surface area contributed by atoms with Gasteiger partial charge in [0, 0.05) is 6.42 Å². The highest BCUT2D eigenvalue weighted by molar-refractivity contribution is 5.10. The number of hydrogen-bond acceptors (Lipinski definition) is 1. The Morgan fingerprint density at radius 2 is 1.44 bits per heavy atom. The van der Waals surface area contributed by atoms with Crippen molar-refractivity contribution in [2.75, 3.05) is 0 Å². The topological polar surface area (TPSA) is 20.2 Å². The molecule has 1 heteroatoms. The molecule has 16 heavy (non-hydrogen) atoms. The molecule has 94 valence electrons. The van der Waals surface area contributed by atoms with Crippen LogP contribution >= 0.6 is 0 Å². The Kier molecular flexibility index (Phi) is 6.11. The average Bonchev–Trinajstić information content (AvgIpc) is 1.99. The molecule has 0 aliphatic rings.